The smallest absolute Gasteiger partial charge is 0.307 e. The molecule has 3 aromatic rings. The molecule has 2 N–H and O–H groups in total. The van der Waals surface area contributed by atoms with Crippen molar-refractivity contribution in [2.75, 3.05) is 29.4 Å². The molecule has 2 aliphatic rings. The highest BCUT2D eigenvalue weighted by Crippen LogP contribution is 2.42. The van der Waals surface area contributed by atoms with Crippen molar-refractivity contribution in [3.63, 3.8) is 0 Å². The van der Waals surface area contributed by atoms with E-state index in [2.05, 4.69) is 51.8 Å². The number of hydrogen-bond donors (Lipinski definition) is 2. The van der Waals surface area contributed by atoms with Gasteiger partial charge in [-0.3, -0.25) is 9.78 Å². The number of aliphatic carboxylic acids is 1. The summed E-state index contributed by atoms with van der Waals surface area (Å²) < 4.78 is 0. The van der Waals surface area contributed by atoms with Crippen LogP contribution in [0.4, 0.5) is 11.5 Å². The van der Waals surface area contributed by atoms with Crippen LogP contribution in [0.1, 0.15) is 60.6 Å². The van der Waals surface area contributed by atoms with Gasteiger partial charge < -0.3 is 20.0 Å². The zero-order chi connectivity index (χ0) is 27.2. The maximum absolute atomic E-state index is 11.9. The number of hydrogen-bond acceptors (Lipinski definition) is 7. The molecule has 2 aliphatic heterocycles. The van der Waals surface area contributed by atoms with Gasteiger partial charge in [-0.2, -0.15) is 4.98 Å². The summed E-state index contributed by atoms with van der Waals surface area (Å²) in [4.78, 5) is 29.8. The summed E-state index contributed by atoms with van der Waals surface area (Å²) in [7, 11) is 0. The van der Waals surface area contributed by atoms with E-state index in [1.54, 1.807) is 13.0 Å². The zero-order valence-electron chi connectivity index (χ0n) is 23.0. The number of fused-ring (bicyclic) bond motifs is 1. The number of nitrogens with zero attached hydrogens (tertiary/aromatic N) is 5. The van der Waals surface area contributed by atoms with Gasteiger partial charge in [-0.25, -0.2) is 4.98 Å². The molecule has 8 nitrogen and oxygen atoms in total. The van der Waals surface area contributed by atoms with Gasteiger partial charge in [-0.15, -0.1) is 0 Å². The Balaban J connectivity index is 1.55. The third kappa shape index (κ3) is 5.17. The van der Waals surface area contributed by atoms with Crippen molar-refractivity contribution in [3.05, 3.63) is 58.2 Å². The Kier molecular flexibility index (Phi) is 6.75. The number of piperidine rings is 1. The predicted molar refractivity (Wildman–Crippen MR) is 149 cm³/mol. The lowest BCUT2D eigenvalue weighted by molar-refractivity contribution is -0.136. The van der Waals surface area contributed by atoms with Crippen molar-refractivity contribution in [1.82, 2.24) is 15.0 Å². The highest BCUT2D eigenvalue weighted by molar-refractivity contribution is 5.86. The van der Waals surface area contributed by atoms with Gasteiger partial charge >= 0.3 is 5.97 Å². The minimum Gasteiger partial charge on any atom is -0.493 e. The van der Waals surface area contributed by atoms with Crippen LogP contribution in [0.25, 0.3) is 11.1 Å². The van der Waals surface area contributed by atoms with E-state index in [1.807, 2.05) is 13.8 Å². The van der Waals surface area contributed by atoms with E-state index in [4.69, 9.17) is 4.98 Å². The first-order valence-corrected chi connectivity index (χ1v) is 13.4. The second kappa shape index (κ2) is 9.89. The number of rotatable bonds is 5. The van der Waals surface area contributed by atoms with Crippen LogP contribution in [0.5, 0.6) is 5.88 Å². The van der Waals surface area contributed by atoms with E-state index in [9.17, 15) is 15.0 Å². The molecule has 5 rings (SSSR count). The Hall–Kier alpha value is -3.68. The number of aryl methyl sites for hydroxylation is 3. The van der Waals surface area contributed by atoms with Gasteiger partial charge in [0.05, 0.1) is 12.1 Å². The monoisotopic (exact) mass is 515 g/mol. The SMILES string of the molecule is Cc1nc(O)cc(N2CCc3cc(-c4c(C)nc(C)c(CC(=O)O)c4N4CCC(C)(C)CC4)ccc3C2)n1. The molecule has 2 aromatic heterocycles. The van der Waals surface area contributed by atoms with Crippen LogP contribution in [0.2, 0.25) is 0 Å². The number of carboxylic acids is 1. The van der Waals surface area contributed by atoms with Crippen LogP contribution in [0.15, 0.2) is 24.3 Å². The van der Waals surface area contributed by atoms with Crippen LogP contribution in [0.3, 0.4) is 0 Å². The fourth-order valence-corrected chi connectivity index (χ4v) is 5.86. The molecule has 0 bridgehead atoms. The molecule has 0 radical (unpaired) electrons. The average Bonchev–Trinajstić information content (AvgIpc) is 2.84. The van der Waals surface area contributed by atoms with Crippen LogP contribution in [-0.2, 0) is 24.2 Å². The van der Waals surface area contributed by atoms with Gasteiger partial charge in [0.25, 0.3) is 0 Å². The maximum atomic E-state index is 11.9. The molecule has 38 heavy (non-hydrogen) atoms. The molecule has 1 saturated heterocycles. The Morgan fingerprint density at radius 2 is 1.68 bits per heavy atom. The van der Waals surface area contributed by atoms with E-state index < -0.39 is 5.97 Å². The Labute approximate surface area is 224 Å². The summed E-state index contributed by atoms with van der Waals surface area (Å²) in [6.45, 7) is 13.7. The number of pyridine rings is 1. The summed E-state index contributed by atoms with van der Waals surface area (Å²) in [5.41, 5.74) is 8.51. The van der Waals surface area contributed by atoms with Gasteiger partial charge in [0.1, 0.15) is 11.6 Å². The third-order valence-electron chi connectivity index (χ3n) is 8.06. The quantitative estimate of drug-likeness (QED) is 0.490. The lowest BCUT2D eigenvalue weighted by atomic mass is 9.82. The number of carboxylic acid groups (broad SMARTS) is 1. The topological polar surface area (TPSA) is 103 Å². The average molecular weight is 516 g/mol. The van der Waals surface area contributed by atoms with E-state index in [-0.39, 0.29) is 17.7 Å². The first kappa shape index (κ1) is 25.9. The second-order valence-electron chi connectivity index (χ2n) is 11.5. The second-order valence-corrected chi connectivity index (χ2v) is 11.5. The van der Waals surface area contributed by atoms with Gasteiger partial charge in [0.15, 0.2) is 0 Å². The molecule has 200 valence electrons. The lowest BCUT2D eigenvalue weighted by Gasteiger charge is -2.40. The van der Waals surface area contributed by atoms with E-state index in [0.29, 0.717) is 12.4 Å². The van der Waals surface area contributed by atoms with Gasteiger partial charge in [-0.1, -0.05) is 32.0 Å². The van der Waals surface area contributed by atoms with Gasteiger partial charge in [0.2, 0.25) is 5.88 Å². The number of anilines is 2. The third-order valence-corrected chi connectivity index (χ3v) is 8.06. The fraction of sp³-hybridized carbons (Fsp3) is 0.467. The Morgan fingerprint density at radius 1 is 0.947 bits per heavy atom. The lowest BCUT2D eigenvalue weighted by Crippen LogP contribution is -2.38. The largest absolute Gasteiger partial charge is 0.493 e. The van der Waals surface area contributed by atoms with Crippen molar-refractivity contribution in [1.29, 1.82) is 0 Å². The molecular formula is C30H37N5O3. The first-order valence-electron chi connectivity index (χ1n) is 13.4. The minimum atomic E-state index is -0.834. The highest BCUT2D eigenvalue weighted by atomic mass is 16.4. The minimum absolute atomic E-state index is 0.0122. The van der Waals surface area contributed by atoms with Gasteiger partial charge in [-0.05, 0) is 62.1 Å². The first-order chi connectivity index (χ1) is 18.0. The predicted octanol–water partition coefficient (Wildman–Crippen LogP) is 4.99. The number of aromatic nitrogens is 3. The molecule has 0 atom stereocenters. The molecule has 0 spiro atoms. The van der Waals surface area contributed by atoms with Gasteiger partial charge in [0, 0.05) is 54.8 Å². The summed E-state index contributed by atoms with van der Waals surface area (Å²) >= 11 is 0. The van der Waals surface area contributed by atoms with Crippen LogP contribution in [0, 0.1) is 26.2 Å². The number of carbonyl (C=O) groups is 1. The standard InChI is InChI=1S/C30H37N5O3/c1-18-24(15-27(37)38)29(34-12-9-30(4,5)10-13-34)28(19(2)31-18)22-6-7-23-17-35(11-8-21(23)14-22)25-16-26(36)33-20(3)32-25/h6-7,14,16H,8-13,15,17H2,1-5H3,(H,37,38)(H,32,33,36). The zero-order valence-corrected chi connectivity index (χ0v) is 23.0. The highest BCUT2D eigenvalue weighted by Gasteiger charge is 2.30. The van der Waals surface area contributed by atoms with Crippen LogP contribution < -0.4 is 9.80 Å². The summed E-state index contributed by atoms with van der Waals surface area (Å²) in [5.74, 6) is 0.438. The molecule has 1 aromatic carbocycles. The molecule has 4 heterocycles. The van der Waals surface area contributed by atoms with Crippen molar-refractivity contribution in [2.24, 2.45) is 5.41 Å². The van der Waals surface area contributed by atoms with Crippen molar-refractivity contribution in [2.45, 2.75) is 66.8 Å². The van der Waals surface area contributed by atoms with Crippen molar-refractivity contribution in [3.8, 4) is 17.0 Å². The maximum Gasteiger partial charge on any atom is 0.307 e. The van der Waals surface area contributed by atoms with E-state index >= 15 is 0 Å². The molecule has 0 unspecified atom stereocenters. The molecular weight excluding hydrogens is 478 g/mol. The molecule has 1 fully saturated rings. The van der Waals surface area contributed by atoms with Crippen LogP contribution in [-0.4, -0.2) is 50.8 Å². The normalized spacial score (nSPS) is 16.9. The summed E-state index contributed by atoms with van der Waals surface area (Å²) in [5, 5.41) is 19.7. The number of aromatic hydroxyl groups is 1. The van der Waals surface area contributed by atoms with Crippen molar-refractivity contribution >= 4 is 17.5 Å². The van der Waals surface area contributed by atoms with Crippen molar-refractivity contribution < 1.29 is 15.0 Å². The Bertz CT molecular complexity index is 1370. The summed E-state index contributed by atoms with van der Waals surface area (Å²) in [6, 6.07) is 8.19. The van der Waals surface area contributed by atoms with E-state index in [1.165, 1.54) is 11.1 Å². The molecule has 0 saturated carbocycles. The summed E-state index contributed by atoms with van der Waals surface area (Å²) in [6.07, 6.45) is 2.95. The van der Waals surface area contributed by atoms with Crippen LogP contribution >= 0.6 is 0 Å². The Morgan fingerprint density at radius 3 is 2.37 bits per heavy atom. The fourth-order valence-electron chi connectivity index (χ4n) is 5.86. The molecule has 0 aliphatic carbocycles. The number of benzene rings is 1. The molecule has 8 heteroatoms. The molecule has 0 amide bonds. The van der Waals surface area contributed by atoms with E-state index in [0.717, 1.165) is 78.5 Å².